The first-order chi connectivity index (χ1) is 11.2. The van der Waals surface area contributed by atoms with Gasteiger partial charge in [0.05, 0.1) is 13.7 Å². The molecule has 0 spiro atoms. The zero-order chi connectivity index (χ0) is 18.3. The molecule has 1 rings (SSSR count). The highest BCUT2D eigenvalue weighted by Gasteiger charge is 2.28. The second kappa shape index (κ2) is 8.72. The number of nitrogens with one attached hydrogen (secondary N) is 2. The number of methoxy groups -OCH3 is 1. The van der Waals surface area contributed by atoms with Crippen LogP contribution in [0.15, 0.2) is 0 Å². The van der Waals surface area contributed by atoms with Crippen molar-refractivity contribution in [2.45, 2.75) is 51.3 Å². The van der Waals surface area contributed by atoms with Crippen LogP contribution in [0.2, 0.25) is 0 Å². The molecule has 3 amide bonds. The van der Waals surface area contributed by atoms with Gasteiger partial charge in [-0.05, 0) is 33.6 Å². The monoisotopic (exact) mass is 345 g/mol. The minimum absolute atomic E-state index is 0.124. The molecule has 1 aliphatic heterocycles. The molecule has 1 heterocycles. The van der Waals surface area contributed by atoms with Gasteiger partial charge < -0.3 is 30.1 Å². The average Bonchev–Trinajstić information content (AvgIpc) is 2.50. The molecule has 0 aromatic carbocycles. The van der Waals surface area contributed by atoms with Crippen LogP contribution in [0.25, 0.3) is 0 Å². The zero-order valence-electron chi connectivity index (χ0n) is 14.6. The molecule has 24 heavy (non-hydrogen) atoms. The number of nitrogens with zero attached hydrogens (tertiary/aromatic N) is 1. The molecule has 1 fully saturated rings. The Balaban J connectivity index is 2.39. The van der Waals surface area contributed by atoms with Gasteiger partial charge in [0.15, 0.2) is 6.04 Å². The molecule has 1 aliphatic rings. The van der Waals surface area contributed by atoms with E-state index in [9.17, 15) is 14.4 Å². The maximum Gasteiger partial charge on any atom is 0.410 e. The number of urea groups is 1. The number of carbonyl (C=O) groups excluding carboxylic acids is 3. The fourth-order valence-electron chi connectivity index (χ4n) is 2.24. The molecule has 1 saturated heterocycles. The third kappa shape index (κ3) is 6.61. The number of piperidine rings is 1. The summed E-state index contributed by atoms with van der Waals surface area (Å²) in [5.41, 5.74) is -0.542. The third-order valence-corrected chi connectivity index (χ3v) is 3.46. The first kappa shape index (κ1) is 20.0. The van der Waals surface area contributed by atoms with E-state index in [1.54, 1.807) is 4.90 Å². The van der Waals surface area contributed by atoms with Gasteiger partial charge in [-0.2, -0.15) is 0 Å². The van der Waals surface area contributed by atoms with Gasteiger partial charge in [0.1, 0.15) is 5.60 Å². The molecule has 0 aliphatic carbocycles. The van der Waals surface area contributed by atoms with Crippen molar-refractivity contribution in [3.63, 3.8) is 0 Å². The van der Waals surface area contributed by atoms with Gasteiger partial charge in [-0.15, -0.1) is 0 Å². The summed E-state index contributed by atoms with van der Waals surface area (Å²) < 4.78 is 9.78. The summed E-state index contributed by atoms with van der Waals surface area (Å²) >= 11 is 0. The number of carbonyl (C=O) groups is 3. The van der Waals surface area contributed by atoms with Gasteiger partial charge in [0, 0.05) is 19.1 Å². The van der Waals surface area contributed by atoms with Crippen molar-refractivity contribution in [2.24, 2.45) is 0 Å². The zero-order valence-corrected chi connectivity index (χ0v) is 14.6. The van der Waals surface area contributed by atoms with Crippen LogP contribution in [0, 0.1) is 0 Å². The molecule has 0 saturated carbocycles. The highest BCUT2D eigenvalue weighted by atomic mass is 16.6. The summed E-state index contributed by atoms with van der Waals surface area (Å²) in [5, 5.41) is 14.1. The molecule has 1 atom stereocenters. The highest BCUT2D eigenvalue weighted by molar-refractivity contribution is 5.83. The van der Waals surface area contributed by atoms with Crippen LogP contribution in [0.1, 0.15) is 33.6 Å². The van der Waals surface area contributed by atoms with Crippen molar-refractivity contribution in [2.75, 3.05) is 26.8 Å². The highest BCUT2D eigenvalue weighted by Crippen LogP contribution is 2.15. The molecular formula is C15H27N3O6. The van der Waals surface area contributed by atoms with Gasteiger partial charge in [-0.25, -0.2) is 14.4 Å². The second-order valence-electron chi connectivity index (χ2n) is 6.62. The van der Waals surface area contributed by atoms with Crippen molar-refractivity contribution in [3.05, 3.63) is 0 Å². The van der Waals surface area contributed by atoms with Crippen LogP contribution < -0.4 is 10.6 Å². The largest absolute Gasteiger partial charge is 0.467 e. The fourth-order valence-corrected chi connectivity index (χ4v) is 2.24. The Hall–Kier alpha value is -2.03. The van der Waals surface area contributed by atoms with E-state index in [-0.39, 0.29) is 12.1 Å². The van der Waals surface area contributed by atoms with Gasteiger partial charge >= 0.3 is 18.1 Å². The smallest absolute Gasteiger partial charge is 0.410 e. The standard InChI is InChI=1S/C15H27N3O6/c1-15(2,3)24-14(22)18-7-5-10(6-8-18)16-13(21)17-11(9-19)12(20)23-4/h10-11,19H,5-9H2,1-4H3,(H2,16,17,21). The Labute approximate surface area is 141 Å². The summed E-state index contributed by atoms with van der Waals surface area (Å²) in [7, 11) is 1.18. The number of hydrogen-bond acceptors (Lipinski definition) is 6. The van der Waals surface area contributed by atoms with E-state index in [1.165, 1.54) is 7.11 Å². The molecule has 138 valence electrons. The average molecular weight is 345 g/mol. The number of ether oxygens (including phenoxy) is 2. The summed E-state index contributed by atoms with van der Waals surface area (Å²) in [6.45, 7) is 5.82. The van der Waals surface area contributed by atoms with Crippen molar-refractivity contribution in [3.8, 4) is 0 Å². The SMILES string of the molecule is COC(=O)C(CO)NC(=O)NC1CCN(C(=O)OC(C)(C)C)CC1. The van der Waals surface area contributed by atoms with Crippen molar-refractivity contribution < 1.29 is 29.0 Å². The van der Waals surface area contributed by atoms with E-state index >= 15 is 0 Å². The molecule has 0 aromatic heterocycles. The number of rotatable bonds is 4. The third-order valence-electron chi connectivity index (χ3n) is 3.46. The van der Waals surface area contributed by atoms with Gasteiger partial charge in [0.2, 0.25) is 0 Å². The lowest BCUT2D eigenvalue weighted by atomic mass is 10.1. The van der Waals surface area contributed by atoms with Crippen LogP contribution in [0.5, 0.6) is 0 Å². The normalized spacial score (nSPS) is 17.0. The number of hydrogen-bond donors (Lipinski definition) is 3. The van der Waals surface area contributed by atoms with E-state index < -0.39 is 30.3 Å². The Morgan fingerprint density at radius 2 is 1.83 bits per heavy atom. The predicted octanol–water partition coefficient (Wildman–Crippen LogP) is 0.219. The fraction of sp³-hybridized carbons (Fsp3) is 0.800. The molecule has 9 heteroatoms. The number of likely N-dealkylation sites (tertiary alicyclic amines) is 1. The van der Waals surface area contributed by atoms with Crippen LogP contribution in [0.4, 0.5) is 9.59 Å². The predicted molar refractivity (Wildman–Crippen MR) is 85.4 cm³/mol. The Kier molecular flexibility index (Phi) is 7.27. The molecular weight excluding hydrogens is 318 g/mol. The topological polar surface area (TPSA) is 117 Å². The van der Waals surface area contributed by atoms with Crippen molar-refractivity contribution >= 4 is 18.1 Å². The van der Waals surface area contributed by atoms with Crippen LogP contribution in [-0.4, -0.2) is 72.6 Å². The Morgan fingerprint density at radius 3 is 2.29 bits per heavy atom. The molecule has 9 nitrogen and oxygen atoms in total. The molecule has 0 bridgehead atoms. The molecule has 3 N–H and O–H groups in total. The van der Waals surface area contributed by atoms with Crippen molar-refractivity contribution in [1.29, 1.82) is 0 Å². The molecule has 0 aromatic rings. The summed E-state index contributed by atoms with van der Waals surface area (Å²) in [4.78, 5) is 36.7. The maximum absolute atomic E-state index is 12.0. The second-order valence-corrected chi connectivity index (χ2v) is 6.62. The van der Waals surface area contributed by atoms with Crippen LogP contribution in [-0.2, 0) is 14.3 Å². The van der Waals surface area contributed by atoms with Crippen LogP contribution in [0.3, 0.4) is 0 Å². The lowest BCUT2D eigenvalue weighted by molar-refractivity contribution is -0.143. The maximum atomic E-state index is 12.0. The first-order valence-electron chi connectivity index (χ1n) is 7.90. The van der Waals surface area contributed by atoms with Crippen molar-refractivity contribution in [1.82, 2.24) is 15.5 Å². The Bertz CT molecular complexity index is 455. The van der Waals surface area contributed by atoms with Crippen LogP contribution >= 0.6 is 0 Å². The molecule has 1 unspecified atom stereocenters. The van der Waals surface area contributed by atoms with E-state index in [0.717, 1.165) is 0 Å². The van der Waals surface area contributed by atoms with E-state index in [0.29, 0.717) is 25.9 Å². The van der Waals surface area contributed by atoms with E-state index in [2.05, 4.69) is 15.4 Å². The molecule has 0 radical (unpaired) electrons. The lowest BCUT2D eigenvalue weighted by Crippen LogP contribution is -2.53. The van der Waals surface area contributed by atoms with Gasteiger partial charge in [-0.3, -0.25) is 0 Å². The number of amides is 3. The number of esters is 1. The lowest BCUT2D eigenvalue weighted by Gasteiger charge is -2.33. The quantitative estimate of drug-likeness (QED) is 0.628. The van der Waals surface area contributed by atoms with Gasteiger partial charge in [0.25, 0.3) is 0 Å². The van der Waals surface area contributed by atoms with Gasteiger partial charge in [-0.1, -0.05) is 0 Å². The minimum Gasteiger partial charge on any atom is -0.467 e. The number of aliphatic hydroxyl groups is 1. The summed E-state index contributed by atoms with van der Waals surface area (Å²) in [6.07, 6.45) is 0.792. The summed E-state index contributed by atoms with van der Waals surface area (Å²) in [5.74, 6) is -0.715. The minimum atomic E-state index is -1.10. The first-order valence-corrected chi connectivity index (χ1v) is 7.90. The summed E-state index contributed by atoms with van der Waals surface area (Å²) in [6, 6.07) is -1.78. The Morgan fingerprint density at radius 1 is 1.25 bits per heavy atom. The van der Waals surface area contributed by atoms with E-state index in [4.69, 9.17) is 9.84 Å². The van der Waals surface area contributed by atoms with E-state index in [1.807, 2.05) is 20.8 Å². The number of aliphatic hydroxyl groups excluding tert-OH is 1.